The van der Waals surface area contributed by atoms with Crippen LogP contribution < -0.4 is 11.1 Å². The van der Waals surface area contributed by atoms with Gasteiger partial charge in [-0.1, -0.05) is 41.4 Å². The highest BCUT2D eigenvalue weighted by Gasteiger charge is 2.49. The van der Waals surface area contributed by atoms with Gasteiger partial charge < -0.3 is 11.1 Å². The molecular weight excluding hydrogens is 377 g/mol. The maximum absolute atomic E-state index is 12.9. The average Bonchev–Trinajstić information content (AvgIpc) is 2.82. The molecule has 0 spiro atoms. The van der Waals surface area contributed by atoms with Crippen molar-refractivity contribution < 1.29 is 14.4 Å². The molecule has 3 rings (SSSR count). The predicted molar refractivity (Wildman–Crippen MR) is 97.9 cm³/mol. The summed E-state index contributed by atoms with van der Waals surface area (Å²) >= 11 is 12.0. The Hall–Kier alpha value is -2.57. The van der Waals surface area contributed by atoms with Gasteiger partial charge in [0.05, 0.1) is 16.6 Å². The molecule has 134 valence electrons. The molecule has 8 heteroatoms. The average molecular weight is 392 g/mol. The molecule has 0 bridgehead atoms. The van der Waals surface area contributed by atoms with Crippen LogP contribution in [0.3, 0.4) is 0 Å². The van der Waals surface area contributed by atoms with Crippen molar-refractivity contribution in [1.82, 2.24) is 10.2 Å². The quantitative estimate of drug-likeness (QED) is 0.784. The Morgan fingerprint density at radius 3 is 2.35 bits per heavy atom. The van der Waals surface area contributed by atoms with Gasteiger partial charge in [-0.2, -0.15) is 0 Å². The van der Waals surface area contributed by atoms with Crippen LogP contribution in [0.4, 0.5) is 4.79 Å². The highest BCUT2D eigenvalue weighted by atomic mass is 35.5. The van der Waals surface area contributed by atoms with Gasteiger partial charge in [0, 0.05) is 5.56 Å². The number of hydrogen-bond acceptors (Lipinski definition) is 3. The summed E-state index contributed by atoms with van der Waals surface area (Å²) in [5.74, 6) is -0.946. The lowest BCUT2D eigenvalue weighted by Gasteiger charge is -2.22. The number of nitrogens with two attached hydrogens (primary N) is 1. The number of halogens is 2. The first-order chi connectivity index (χ1) is 12.2. The van der Waals surface area contributed by atoms with Crippen molar-refractivity contribution in [2.24, 2.45) is 5.73 Å². The molecule has 4 amide bonds. The number of carbonyl (C=O) groups excluding carboxylic acids is 3. The Kier molecular flexibility index (Phi) is 4.64. The number of carbonyl (C=O) groups is 3. The third kappa shape index (κ3) is 3.13. The van der Waals surface area contributed by atoms with Crippen LogP contribution in [-0.4, -0.2) is 22.7 Å². The number of imide groups is 1. The number of rotatable bonds is 4. The summed E-state index contributed by atoms with van der Waals surface area (Å²) in [6.07, 6.45) is 0. The largest absolute Gasteiger partial charge is 0.366 e. The van der Waals surface area contributed by atoms with Gasteiger partial charge in [-0.25, -0.2) is 4.79 Å². The monoisotopic (exact) mass is 391 g/mol. The van der Waals surface area contributed by atoms with Crippen molar-refractivity contribution in [3.63, 3.8) is 0 Å². The molecule has 2 aromatic carbocycles. The zero-order valence-electron chi connectivity index (χ0n) is 13.8. The van der Waals surface area contributed by atoms with E-state index in [0.717, 1.165) is 4.90 Å². The van der Waals surface area contributed by atoms with Gasteiger partial charge in [-0.15, -0.1) is 0 Å². The number of hydrogen-bond donors (Lipinski definition) is 2. The topological polar surface area (TPSA) is 92.5 Å². The second kappa shape index (κ2) is 6.63. The fraction of sp³-hybridized carbons (Fsp3) is 0.167. The van der Waals surface area contributed by atoms with Gasteiger partial charge in [0.15, 0.2) is 0 Å². The molecule has 3 N–H and O–H groups in total. The predicted octanol–water partition coefficient (Wildman–Crippen LogP) is 3.06. The van der Waals surface area contributed by atoms with E-state index in [-0.39, 0.29) is 6.54 Å². The zero-order valence-corrected chi connectivity index (χ0v) is 15.3. The summed E-state index contributed by atoms with van der Waals surface area (Å²) in [5, 5.41) is 3.37. The first kappa shape index (κ1) is 18.2. The normalized spacial score (nSPS) is 19.6. The van der Waals surface area contributed by atoms with E-state index in [0.29, 0.717) is 26.7 Å². The summed E-state index contributed by atoms with van der Waals surface area (Å²) in [6, 6.07) is 10.7. The second-order valence-corrected chi connectivity index (χ2v) is 6.95. The summed E-state index contributed by atoms with van der Waals surface area (Å²) < 4.78 is 0. The van der Waals surface area contributed by atoms with E-state index in [1.54, 1.807) is 49.4 Å². The fourth-order valence-electron chi connectivity index (χ4n) is 2.80. The number of benzene rings is 2. The van der Waals surface area contributed by atoms with E-state index in [1.165, 1.54) is 0 Å². The molecule has 2 aromatic rings. The molecule has 1 aliphatic rings. The van der Waals surface area contributed by atoms with Crippen molar-refractivity contribution in [3.8, 4) is 0 Å². The lowest BCUT2D eigenvalue weighted by atomic mass is 9.92. The number of amides is 4. The lowest BCUT2D eigenvalue weighted by molar-refractivity contribution is -0.131. The number of nitrogens with zero attached hydrogens (tertiary/aromatic N) is 1. The van der Waals surface area contributed by atoms with E-state index < -0.39 is 23.4 Å². The summed E-state index contributed by atoms with van der Waals surface area (Å²) in [4.78, 5) is 37.5. The van der Waals surface area contributed by atoms with Crippen LogP contribution >= 0.6 is 23.2 Å². The summed E-state index contributed by atoms with van der Waals surface area (Å²) in [5.41, 5.74) is 5.55. The highest BCUT2D eigenvalue weighted by Crippen LogP contribution is 2.33. The van der Waals surface area contributed by atoms with Crippen LogP contribution in [0.1, 0.15) is 28.4 Å². The first-order valence-electron chi connectivity index (χ1n) is 7.71. The fourth-order valence-corrected chi connectivity index (χ4v) is 3.10. The molecule has 0 radical (unpaired) electrons. The van der Waals surface area contributed by atoms with Gasteiger partial charge >= 0.3 is 6.03 Å². The van der Waals surface area contributed by atoms with Gasteiger partial charge in [-0.3, -0.25) is 14.5 Å². The molecule has 0 aromatic heterocycles. The molecule has 6 nitrogen and oxygen atoms in total. The molecule has 0 saturated carbocycles. The Labute approximate surface area is 159 Å². The Morgan fingerprint density at radius 2 is 1.77 bits per heavy atom. The number of nitrogens with one attached hydrogen (secondary N) is 1. The number of urea groups is 1. The third-order valence-electron chi connectivity index (χ3n) is 4.35. The molecule has 1 aliphatic heterocycles. The maximum atomic E-state index is 12.9. The third-order valence-corrected chi connectivity index (χ3v) is 5.09. The van der Waals surface area contributed by atoms with Crippen molar-refractivity contribution in [3.05, 3.63) is 69.2 Å². The van der Waals surface area contributed by atoms with Crippen LogP contribution in [-0.2, 0) is 16.9 Å². The maximum Gasteiger partial charge on any atom is 0.325 e. The van der Waals surface area contributed by atoms with E-state index in [2.05, 4.69) is 5.32 Å². The highest BCUT2D eigenvalue weighted by molar-refractivity contribution is 6.42. The zero-order chi connectivity index (χ0) is 19.1. The van der Waals surface area contributed by atoms with Crippen LogP contribution in [0, 0.1) is 0 Å². The Bertz CT molecular complexity index is 914. The van der Waals surface area contributed by atoms with Crippen LogP contribution in [0.2, 0.25) is 10.0 Å². The standard InChI is InChI=1S/C18H15Cl2N3O3/c1-18(12-6-7-13(19)14(20)8-12)16(25)23(17(26)22-18)9-10-2-4-11(5-3-10)15(21)24/h2-8H,9H2,1H3,(H2,21,24)(H,22,26). The molecule has 1 fully saturated rings. The molecule has 26 heavy (non-hydrogen) atoms. The molecule has 1 saturated heterocycles. The minimum Gasteiger partial charge on any atom is -0.366 e. The van der Waals surface area contributed by atoms with Crippen LogP contribution in [0.25, 0.3) is 0 Å². The first-order valence-corrected chi connectivity index (χ1v) is 8.46. The van der Waals surface area contributed by atoms with E-state index in [9.17, 15) is 14.4 Å². The summed E-state index contributed by atoms with van der Waals surface area (Å²) in [6.45, 7) is 1.68. The second-order valence-electron chi connectivity index (χ2n) is 6.14. The molecular formula is C18H15Cl2N3O3. The van der Waals surface area contributed by atoms with Crippen molar-refractivity contribution >= 4 is 41.0 Å². The van der Waals surface area contributed by atoms with Gasteiger partial charge in [0.2, 0.25) is 5.91 Å². The molecule has 1 unspecified atom stereocenters. The minimum atomic E-state index is -1.24. The minimum absolute atomic E-state index is 0.0701. The Morgan fingerprint density at radius 1 is 1.12 bits per heavy atom. The van der Waals surface area contributed by atoms with Gasteiger partial charge in [-0.05, 0) is 42.3 Å². The van der Waals surface area contributed by atoms with Crippen LogP contribution in [0.15, 0.2) is 42.5 Å². The smallest absolute Gasteiger partial charge is 0.325 e. The number of primary amides is 1. The SMILES string of the molecule is CC1(c2ccc(Cl)c(Cl)c2)NC(=O)N(Cc2ccc(C(N)=O)cc2)C1=O. The molecule has 0 aliphatic carbocycles. The van der Waals surface area contributed by atoms with E-state index in [4.69, 9.17) is 28.9 Å². The van der Waals surface area contributed by atoms with Crippen molar-refractivity contribution in [2.75, 3.05) is 0 Å². The molecule has 1 heterocycles. The van der Waals surface area contributed by atoms with Crippen molar-refractivity contribution in [2.45, 2.75) is 19.0 Å². The lowest BCUT2D eigenvalue weighted by Crippen LogP contribution is -2.40. The molecule has 1 atom stereocenters. The van der Waals surface area contributed by atoms with Gasteiger partial charge in [0.1, 0.15) is 5.54 Å². The Balaban J connectivity index is 1.86. The van der Waals surface area contributed by atoms with Crippen LogP contribution in [0.5, 0.6) is 0 Å². The van der Waals surface area contributed by atoms with Gasteiger partial charge in [0.25, 0.3) is 5.91 Å². The van der Waals surface area contributed by atoms with E-state index in [1.807, 2.05) is 0 Å². The van der Waals surface area contributed by atoms with Crippen molar-refractivity contribution in [1.29, 1.82) is 0 Å². The van der Waals surface area contributed by atoms with E-state index >= 15 is 0 Å². The summed E-state index contributed by atoms with van der Waals surface area (Å²) in [7, 11) is 0.